The molecule has 0 heterocycles. The Kier molecular flexibility index (Phi) is 10.3. The molecule has 0 saturated heterocycles. The molecule has 1 aliphatic carbocycles. The maximum Gasteiger partial charge on any atom is 0.0704 e. The van der Waals surface area contributed by atoms with Crippen LogP contribution in [-0.2, 0) is 14.2 Å². The van der Waals surface area contributed by atoms with Crippen LogP contribution in [0, 0.1) is 17.8 Å². The molecule has 3 nitrogen and oxygen atoms in total. The van der Waals surface area contributed by atoms with E-state index in [1.165, 1.54) is 19.3 Å². The molecule has 0 aromatic rings. The van der Waals surface area contributed by atoms with Gasteiger partial charge in [0, 0.05) is 19.8 Å². The van der Waals surface area contributed by atoms with Crippen molar-refractivity contribution >= 4 is 0 Å². The van der Waals surface area contributed by atoms with Crippen molar-refractivity contribution in [2.75, 3.05) is 33.0 Å². The Morgan fingerprint density at radius 2 is 1.67 bits per heavy atom. The predicted molar refractivity (Wildman–Crippen MR) is 87.6 cm³/mol. The first-order valence-corrected chi connectivity index (χ1v) is 8.93. The molecule has 0 radical (unpaired) electrons. The summed E-state index contributed by atoms with van der Waals surface area (Å²) in [5.74, 6) is 2.21. The van der Waals surface area contributed by atoms with Crippen LogP contribution in [0.3, 0.4) is 0 Å². The summed E-state index contributed by atoms with van der Waals surface area (Å²) in [5.41, 5.74) is 0. The third-order valence-electron chi connectivity index (χ3n) is 4.49. The van der Waals surface area contributed by atoms with E-state index >= 15 is 0 Å². The Labute approximate surface area is 131 Å². The van der Waals surface area contributed by atoms with Crippen LogP contribution in [0.15, 0.2) is 0 Å². The van der Waals surface area contributed by atoms with Crippen LogP contribution in [-0.4, -0.2) is 39.1 Å². The second-order valence-electron chi connectivity index (χ2n) is 6.72. The van der Waals surface area contributed by atoms with Gasteiger partial charge in [0.25, 0.3) is 0 Å². The van der Waals surface area contributed by atoms with Crippen molar-refractivity contribution in [3.8, 4) is 0 Å². The summed E-state index contributed by atoms with van der Waals surface area (Å²) in [7, 11) is 0. The molecule has 0 aliphatic heterocycles. The van der Waals surface area contributed by atoms with Gasteiger partial charge in [0.1, 0.15) is 0 Å². The molecule has 0 spiro atoms. The Bertz CT molecular complexity index is 243. The minimum Gasteiger partial charge on any atom is -0.381 e. The summed E-state index contributed by atoms with van der Waals surface area (Å²) in [4.78, 5) is 0. The van der Waals surface area contributed by atoms with E-state index < -0.39 is 0 Å². The zero-order chi connectivity index (χ0) is 15.5. The van der Waals surface area contributed by atoms with Crippen molar-refractivity contribution < 1.29 is 14.2 Å². The fraction of sp³-hybridized carbons (Fsp3) is 1.00. The standard InChI is InChI=1S/C18H36O3/c1-5-10-19-11-7-12-20-13-14-21-17-9-6-8-16(4)18(17)15(2)3/h15-18H,5-14H2,1-4H3. The highest BCUT2D eigenvalue weighted by Crippen LogP contribution is 2.36. The lowest BCUT2D eigenvalue weighted by atomic mass is 9.72. The van der Waals surface area contributed by atoms with E-state index in [-0.39, 0.29) is 0 Å². The molecule has 0 amide bonds. The molecule has 3 unspecified atom stereocenters. The summed E-state index contributed by atoms with van der Waals surface area (Å²) in [6, 6.07) is 0. The Morgan fingerprint density at radius 1 is 0.952 bits per heavy atom. The second-order valence-corrected chi connectivity index (χ2v) is 6.72. The molecule has 1 fully saturated rings. The average molecular weight is 300 g/mol. The minimum atomic E-state index is 0.435. The number of hydrogen-bond donors (Lipinski definition) is 0. The van der Waals surface area contributed by atoms with Crippen molar-refractivity contribution in [3.05, 3.63) is 0 Å². The first kappa shape index (κ1) is 18.9. The summed E-state index contributed by atoms with van der Waals surface area (Å²) < 4.78 is 17.2. The van der Waals surface area contributed by atoms with Crippen LogP contribution in [0.4, 0.5) is 0 Å². The summed E-state index contributed by atoms with van der Waals surface area (Å²) in [6.07, 6.45) is 6.39. The SMILES string of the molecule is CCCOCCCOCCOC1CCCC(C)C1C(C)C. The zero-order valence-electron chi connectivity index (χ0n) is 14.6. The molecule has 0 aromatic heterocycles. The van der Waals surface area contributed by atoms with Gasteiger partial charge in [-0.2, -0.15) is 0 Å². The molecule has 1 saturated carbocycles. The normalized spacial score (nSPS) is 26.4. The quantitative estimate of drug-likeness (QED) is 0.533. The van der Waals surface area contributed by atoms with Gasteiger partial charge in [-0.1, -0.05) is 40.5 Å². The Hall–Kier alpha value is -0.120. The summed E-state index contributed by atoms with van der Waals surface area (Å²) in [5, 5.41) is 0. The summed E-state index contributed by atoms with van der Waals surface area (Å²) in [6.45, 7) is 13.1. The van der Waals surface area contributed by atoms with Gasteiger partial charge >= 0.3 is 0 Å². The number of rotatable bonds is 11. The van der Waals surface area contributed by atoms with E-state index in [4.69, 9.17) is 14.2 Å². The van der Waals surface area contributed by atoms with Gasteiger partial charge in [0.05, 0.1) is 19.3 Å². The van der Waals surface area contributed by atoms with Gasteiger partial charge in [-0.05, 0) is 37.0 Å². The van der Waals surface area contributed by atoms with E-state index in [1.807, 2.05) is 0 Å². The molecule has 126 valence electrons. The highest BCUT2D eigenvalue weighted by atomic mass is 16.5. The zero-order valence-corrected chi connectivity index (χ0v) is 14.6. The highest BCUT2D eigenvalue weighted by molar-refractivity contribution is 4.82. The topological polar surface area (TPSA) is 27.7 Å². The molecule has 0 bridgehead atoms. The second kappa shape index (κ2) is 11.4. The first-order valence-electron chi connectivity index (χ1n) is 8.93. The number of ether oxygens (including phenoxy) is 3. The summed E-state index contributed by atoms with van der Waals surface area (Å²) >= 11 is 0. The first-order chi connectivity index (χ1) is 10.2. The van der Waals surface area contributed by atoms with Gasteiger partial charge in [-0.25, -0.2) is 0 Å². The lowest BCUT2D eigenvalue weighted by Crippen LogP contribution is -2.37. The van der Waals surface area contributed by atoms with Gasteiger partial charge in [-0.3, -0.25) is 0 Å². The minimum absolute atomic E-state index is 0.435. The van der Waals surface area contributed by atoms with Crippen LogP contribution in [0.25, 0.3) is 0 Å². The van der Waals surface area contributed by atoms with Crippen molar-refractivity contribution in [2.45, 2.75) is 65.9 Å². The highest BCUT2D eigenvalue weighted by Gasteiger charge is 2.33. The Morgan fingerprint density at radius 3 is 2.33 bits per heavy atom. The molecule has 0 aromatic carbocycles. The van der Waals surface area contributed by atoms with Gasteiger partial charge in [0.15, 0.2) is 0 Å². The lowest BCUT2D eigenvalue weighted by molar-refractivity contribution is -0.0654. The average Bonchev–Trinajstić information content (AvgIpc) is 2.45. The van der Waals surface area contributed by atoms with Crippen LogP contribution in [0.2, 0.25) is 0 Å². The third kappa shape index (κ3) is 7.62. The van der Waals surface area contributed by atoms with E-state index in [1.54, 1.807) is 0 Å². The molecule has 1 aliphatic rings. The van der Waals surface area contributed by atoms with Gasteiger partial charge in [0.2, 0.25) is 0 Å². The smallest absolute Gasteiger partial charge is 0.0704 e. The molecule has 21 heavy (non-hydrogen) atoms. The van der Waals surface area contributed by atoms with Crippen molar-refractivity contribution in [2.24, 2.45) is 17.8 Å². The molecule has 0 N–H and O–H groups in total. The molecule has 3 atom stereocenters. The predicted octanol–water partition coefficient (Wildman–Crippen LogP) is 4.30. The monoisotopic (exact) mass is 300 g/mol. The lowest BCUT2D eigenvalue weighted by Gasteiger charge is -2.39. The van der Waals surface area contributed by atoms with Crippen LogP contribution in [0.1, 0.15) is 59.8 Å². The largest absolute Gasteiger partial charge is 0.381 e. The number of hydrogen-bond acceptors (Lipinski definition) is 3. The van der Waals surface area contributed by atoms with Gasteiger partial charge in [-0.15, -0.1) is 0 Å². The van der Waals surface area contributed by atoms with Gasteiger partial charge < -0.3 is 14.2 Å². The van der Waals surface area contributed by atoms with E-state index in [9.17, 15) is 0 Å². The molecular formula is C18H36O3. The Balaban J connectivity index is 2.05. The van der Waals surface area contributed by atoms with Crippen molar-refractivity contribution in [3.63, 3.8) is 0 Å². The van der Waals surface area contributed by atoms with E-state index in [2.05, 4.69) is 27.7 Å². The molecule has 1 rings (SSSR count). The third-order valence-corrected chi connectivity index (χ3v) is 4.49. The molecular weight excluding hydrogens is 264 g/mol. The fourth-order valence-corrected chi connectivity index (χ4v) is 3.54. The van der Waals surface area contributed by atoms with Crippen LogP contribution >= 0.6 is 0 Å². The van der Waals surface area contributed by atoms with Crippen molar-refractivity contribution in [1.29, 1.82) is 0 Å². The van der Waals surface area contributed by atoms with E-state index in [0.29, 0.717) is 24.5 Å². The maximum absolute atomic E-state index is 6.12. The van der Waals surface area contributed by atoms with E-state index in [0.717, 1.165) is 45.2 Å². The molecule has 3 heteroatoms. The fourth-order valence-electron chi connectivity index (χ4n) is 3.54. The maximum atomic E-state index is 6.12. The van der Waals surface area contributed by atoms with Crippen molar-refractivity contribution in [1.82, 2.24) is 0 Å². The van der Waals surface area contributed by atoms with Crippen LogP contribution < -0.4 is 0 Å². The van der Waals surface area contributed by atoms with Crippen LogP contribution in [0.5, 0.6) is 0 Å².